The van der Waals surface area contributed by atoms with Gasteiger partial charge in [-0.15, -0.1) is 0 Å². The zero-order valence-corrected chi connectivity index (χ0v) is 21.0. The molecule has 192 valence electrons. The molecule has 8 heteroatoms. The summed E-state index contributed by atoms with van der Waals surface area (Å²) in [6, 6.07) is 2.28. The molecule has 0 amide bonds. The third-order valence-corrected chi connectivity index (χ3v) is 6.41. The van der Waals surface area contributed by atoms with Gasteiger partial charge in [-0.3, -0.25) is 14.4 Å². The van der Waals surface area contributed by atoms with Gasteiger partial charge in [-0.1, -0.05) is 47.0 Å². The Balaban J connectivity index is 2.04. The van der Waals surface area contributed by atoms with Crippen LogP contribution in [0.5, 0.6) is 11.5 Å². The molecule has 0 atom stereocenters. The number of rotatable bonds is 14. The van der Waals surface area contributed by atoms with Crippen LogP contribution in [-0.4, -0.2) is 22.3 Å². The van der Waals surface area contributed by atoms with Crippen molar-refractivity contribution in [2.24, 2.45) is 10.8 Å². The Morgan fingerprint density at radius 3 is 1.86 bits per heavy atom. The van der Waals surface area contributed by atoms with Crippen LogP contribution in [0.2, 0.25) is 0 Å². The summed E-state index contributed by atoms with van der Waals surface area (Å²) >= 11 is 0. The average molecular weight is 489 g/mol. The quantitative estimate of drug-likeness (QED) is 0.278. The van der Waals surface area contributed by atoms with E-state index in [0.29, 0.717) is 19.3 Å². The molecular weight excluding hydrogens is 452 g/mol. The van der Waals surface area contributed by atoms with E-state index in [1.54, 1.807) is 0 Å². The third kappa shape index (κ3) is 8.23. The molecule has 0 unspecified atom stereocenters. The van der Waals surface area contributed by atoms with E-state index in [-0.39, 0.29) is 22.7 Å². The molecule has 0 saturated heterocycles. The summed E-state index contributed by atoms with van der Waals surface area (Å²) in [5.41, 5.74) is -2.25. The van der Waals surface area contributed by atoms with Crippen molar-refractivity contribution in [3.8, 4) is 11.5 Å². The first-order chi connectivity index (χ1) is 16.4. The van der Waals surface area contributed by atoms with Gasteiger partial charge in [-0.2, -0.15) is 0 Å². The van der Waals surface area contributed by atoms with Crippen molar-refractivity contribution in [2.45, 2.75) is 85.0 Å². The molecule has 0 aliphatic heterocycles. The second-order valence-corrected chi connectivity index (χ2v) is 10.5. The summed E-state index contributed by atoms with van der Waals surface area (Å²) in [5, 5.41) is 19.1. The molecule has 8 nitrogen and oxygen atoms in total. The lowest BCUT2D eigenvalue weighted by Crippen LogP contribution is -2.26. The van der Waals surface area contributed by atoms with Crippen LogP contribution >= 0.6 is 0 Å². The Hall–Kier alpha value is -3.16. The van der Waals surface area contributed by atoms with Crippen molar-refractivity contribution >= 4 is 12.1 Å². The molecule has 2 rings (SSSR count). The zero-order valence-electron chi connectivity index (χ0n) is 21.0. The highest BCUT2D eigenvalue weighted by atomic mass is 16.4. The molecular formula is C27H36O8. The molecule has 0 saturated carbocycles. The van der Waals surface area contributed by atoms with Crippen LogP contribution in [0.4, 0.5) is 0 Å². The number of carbonyl (C=O) groups is 2. The second-order valence-electron chi connectivity index (χ2n) is 10.5. The highest BCUT2D eigenvalue weighted by Crippen LogP contribution is 2.44. The van der Waals surface area contributed by atoms with Gasteiger partial charge < -0.3 is 23.8 Å². The standard InChI is InChI=1S/C27H36O8/c1-26(2,17-28)11-8-6-5-7-9-18(29)10-12-27(3,4)25(23-13-19(30)21(32)15-34-23)24-14-20(31)22(33)16-35-24/h13-17,25,32-33H,5-12H2,1-4H3. The van der Waals surface area contributed by atoms with Crippen LogP contribution in [0.25, 0.3) is 0 Å². The highest BCUT2D eigenvalue weighted by molar-refractivity contribution is 5.78. The van der Waals surface area contributed by atoms with E-state index < -0.39 is 33.7 Å². The van der Waals surface area contributed by atoms with Crippen molar-refractivity contribution < 1.29 is 28.6 Å². The molecule has 2 N–H and O–H groups in total. The number of ketones is 1. The van der Waals surface area contributed by atoms with Crippen LogP contribution in [0.3, 0.4) is 0 Å². The van der Waals surface area contributed by atoms with Gasteiger partial charge in [0.15, 0.2) is 11.5 Å². The first-order valence-electron chi connectivity index (χ1n) is 12.0. The summed E-state index contributed by atoms with van der Waals surface area (Å²) in [7, 11) is 0. The summed E-state index contributed by atoms with van der Waals surface area (Å²) in [5.74, 6) is -1.32. The van der Waals surface area contributed by atoms with Crippen molar-refractivity contribution in [1.29, 1.82) is 0 Å². The van der Waals surface area contributed by atoms with Crippen LogP contribution < -0.4 is 10.9 Å². The topological polar surface area (TPSA) is 135 Å². The van der Waals surface area contributed by atoms with Crippen LogP contribution in [0.15, 0.2) is 43.1 Å². The van der Waals surface area contributed by atoms with Crippen molar-refractivity contribution in [1.82, 2.24) is 0 Å². The lowest BCUT2D eigenvalue weighted by Gasteiger charge is -2.32. The van der Waals surface area contributed by atoms with Gasteiger partial charge >= 0.3 is 0 Å². The van der Waals surface area contributed by atoms with E-state index in [9.17, 15) is 29.4 Å². The molecule has 0 aliphatic carbocycles. The van der Waals surface area contributed by atoms with E-state index in [4.69, 9.17) is 8.83 Å². The van der Waals surface area contributed by atoms with Gasteiger partial charge in [-0.25, -0.2) is 0 Å². The average Bonchev–Trinajstić information content (AvgIpc) is 2.79. The third-order valence-electron chi connectivity index (χ3n) is 6.41. The van der Waals surface area contributed by atoms with Gasteiger partial charge in [-0.05, 0) is 24.7 Å². The van der Waals surface area contributed by atoms with Gasteiger partial charge in [0.25, 0.3) is 0 Å². The predicted molar refractivity (Wildman–Crippen MR) is 131 cm³/mol. The molecule has 35 heavy (non-hydrogen) atoms. The first kappa shape index (κ1) is 28.1. The van der Waals surface area contributed by atoms with Gasteiger partial charge in [0, 0.05) is 30.4 Å². The molecule has 2 heterocycles. The summed E-state index contributed by atoms with van der Waals surface area (Å²) in [4.78, 5) is 47.6. The lowest BCUT2D eigenvalue weighted by atomic mass is 9.72. The number of hydrogen-bond acceptors (Lipinski definition) is 8. The first-order valence-corrected chi connectivity index (χ1v) is 12.0. The summed E-state index contributed by atoms with van der Waals surface area (Å²) < 4.78 is 10.9. The summed E-state index contributed by atoms with van der Waals surface area (Å²) in [6.45, 7) is 7.59. The number of aldehydes is 1. The van der Waals surface area contributed by atoms with Crippen LogP contribution in [0, 0.1) is 10.8 Å². The number of aromatic hydroxyl groups is 2. The Kier molecular flexibility index (Phi) is 9.63. The number of carbonyl (C=O) groups excluding carboxylic acids is 2. The maximum Gasteiger partial charge on any atom is 0.226 e. The molecule has 2 aromatic rings. The van der Waals surface area contributed by atoms with E-state index in [0.717, 1.165) is 63.0 Å². The molecule has 0 bridgehead atoms. The van der Waals surface area contributed by atoms with E-state index in [1.165, 1.54) is 0 Å². The number of Topliss-reactive ketones (excluding diaryl/α,β-unsaturated/α-hetero) is 1. The fourth-order valence-electron chi connectivity index (χ4n) is 4.10. The number of unbranched alkanes of at least 4 members (excludes halogenated alkanes) is 3. The van der Waals surface area contributed by atoms with Gasteiger partial charge in [0.1, 0.15) is 36.1 Å². The monoisotopic (exact) mass is 488 g/mol. The Bertz CT molecular complexity index is 1060. The van der Waals surface area contributed by atoms with E-state index in [2.05, 4.69) is 0 Å². The zero-order chi connectivity index (χ0) is 26.2. The SMILES string of the molecule is CC(C)(C=O)CCCCCCC(=O)CCC(C)(C)C(c1cc(=O)c(O)co1)c1cc(=O)c(O)co1. The Morgan fingerprint density at radius 1 is 0.857 bits per heavy atom. The molecule has 0 radical (unpaired) electrons. The fraction of sp³-hybridized carbons (Fsp3) is 0.556. The van der Waals surface area contributed by atoms with Gasteiger partial charge in [0.2, 0.25) is 10.9 Å². The number of hydrogen-bond donors (Lipinski definition) is 2. The predicted octanol–water partition coefficient (Wildman–Crippen LogP) is 5.08. The second kappa shape index (κ2) is 12.0. The molecule has 0 fully saturated rings. The maximum absolute atomic E-state index is 12.6. The largest absolute Gasteiger partial charge is 0.502 e. The Morgan fingerprint density at radius 2 is 1.37 bits per heavy atom. The molecule has 0 aromatic carbocycles. The van der Waals surface area contributed by atoms with Crippen molar-refractivity contribution in [3.05, 3.63) is 56.6 Å². The highest BCUT2D eigenvalue weighted by Gasteiger charge is 2.37. The Labute approximate surface area is 205 Å². The minimum Gasteiger partial charge on any atom is -0.502 e. The lowest BCUT2D eigenvalue weighted by molar-refractivity contribution is -0.119. The molecule has 0 aliphatic rings. The van der Waals surface area contributed by atoms with E-state index >= 15 is 0 Å². The minimum atomic E-state index is -0.710. The normalized spacial score (nSPS) is 12.1. The van der Waals surface area contributed by atoms with Crippen LogP contribution in [-0.2, 0) is 9.59 Å². The van der Waals surface area contributed by atoms with Crippen molar-refractivity contribution in [2.75, 3.05) is 0 Å². The summed E-state index contributed by atoms with van der Waals surface area (Å²) in [6.07, 6.45) is 8.49. The molecule has 2 aromatic heterocycles. The maximum atomic E-state index is 12.6. The van der Waals surface area contributed by atoms with Gasteiger partial charge in [0.05, 0.1) is 5.92 Å². The minimum absolute atomic E-state index is 0.115. The van der Waals surface area contributed by atoms with Crippen molar-refractivity contribution in [3.63, 3.8) is 0 Å². The fourth-order valence-corrected chi connectivity index (χ4v) is 4.10. The molecule has 0 spiro atoms. The van der Waals surface area contributed by atoms with E-state index in [1.807, 2.05) is 27.7 Å². The smallest absolute Gasteiger partial charge is 0.226 e. The van der Waals surface area contributed by atoms with Crippen LogP contribution in [0.1, 0.15) is 96.5 Å².